The smallest absolute Gasteiger partial charge is 0.423 e. The standard InChI is InChI=1S/C13H12BN5O2/c1-7-5-17-13(19-12(7)16)18-10-2-8(4-15)11-9(3-10)6-21-14(11)20/h2-3,5,20H,6H2,1H3,(H3,16,17,18,19). The highest BCUT2D eigenvalue weighted by Gasteiger charge is 2.30. The third-order valence-corrected chi connectivity index (χ3v) is 3.30. The van der Waals surface area contributed by atoms with Crippen LogP contribution >= 0.6 is 0 Å². The Balaban J connectivity index is 1.97. The van der Waals surface area contributed by atoms with E-state index in [1.165, 1.54) is 0 Å². The molecule has 2 heterocycles. The SMILES string of the molecule is Cc1cnc(Nc2cc(C#N)c3c(c2)COB3O)nc1N. The number of fused-ring (bicyclic) bond motifs is 1. The van der Waals surface area contributed by atoms with E-state index in [-0.39, 0.29) is 6.61 Å². The Hall–Kier alpha value is -2.63. The summed E-state index contributed by atoms with van der Waals surface area (Å²) in [4.78, 5) is 8.26. The van der Waals surface area contributed by atoms with E-state index in [1.807, 2.05) is 6.92 Å². The van der Waals surface area contributed by atoms with Crippen LogP contribution in [0, 0.1) is 18.3 Å². The van der Waals surface area contributed by atoms with E-state index in [2.05, 4.69) is 21.4 Å². The Morgan fingerprint density at radius 2 is 2.33 bits per heavy atom. The number of nitriles is 1. The lowest BCUT2D eigenvalue weighted by atomic mass is 9.76. The first-order chi connectivity index (χ1) is 10.1. The maximum absolute atomic E-state index is 9.71. The molecule has 8 heteroatoms. The summed E-state index contributed by atoms with van der Waals surface area (Å²) in [6.45, 7) is 2.08. The van der Waals surface area contributed by atoms with Gasteiger partial charge in [0, 0.05) is 22.9 Å². The van der Waals surface area contributed by atoms with Gasteiger partial charge < -0.3 is 20.7 Å². The van der Waals surface area contributed by atoms with Crippen molar-refractivity contribution in [3.8, 4) is 6.07 Å². The third-order valence-electron chi connectivity index (χ3n) is 3.30. The molecule has 2 aromatic rings. The molecule has 0 aliphatic carbocycles. The van der Waals surface area contributed by atoms with Gasteiger partial charge in [-0.1, -0.05) is 0 Å². The zero-order valence-electron chi connectivity index (χ0n) is 11.3. The summed E-state index contributed by atoms with van der Waals surface area (Å²) in [6, 6.07) is 5.48. The molecule has 0 fully saturated rings. The van der Waals surface area contributed by atoms with Crippen LogP contribution in [0.1, 0.15) is 16.7 Å². The molecule has 1 aliphatic heterocycles. The highest BCUT2D eigenvalue weighted by Crippen LogP contribution is 2.21. The van der Waals surface area contributed by atoms with Gasteiger partial charge in [-0.3, -0.25) is 0 Å². The Labute approximate surface area is 121 Å². The van der Waals surface area contributed by atoms with Gasteiger partial charge in [-0.2, -0.15) is 10.2 Å². The van der Waals surface area contributed by atoms with Gasteiger partial charge in [0.2, 0.25) is 5.95 Å². The quantitative estimate of drug-likeness (QED) is 0.673. The Kier molecular flexibility index (Phi) is 3.21. The molecule has 1 aromatic carbocycles. The average Bonchev–Trinajstić information content (AvgIpc) is 2.84. The fraction of sp³-hybridized carbons (Fsp3) is 0.154. The maximum Gasteiger partial charge on any atom is 0.493 e. The van der Waals surface area contributed by atoms with Crippen LogP contribution in [0.4, 0.5) is 17.5 Å². The Morgan fingerprint density at radius 1 is 1.52 bits per heavy atom. The average molecular weight is 281 g/mol. The molecule has 21 heavy (non-hydrogen) atoms. The molecule has 0 radical (unpaired) electrons. The van der Waals surface area contributed by atoms with Crippen LogP contribution in [0.3, 0.4) is 0 Å². The number of hydrogen-bond acceptors (Lipinski definition) is 7. The summed E-state index contributed by atoms with van der Waals surface area (Å²) in [5.41, 5.74) is 8.83. The van der Waals surface area contributed by atoms with Gasteiger partial charge in [0.05, 0.1) is 18.2 Å². The molecule has 0 unspecified atom stereocenters. The number of nitrogens with two attached hydrogens (primary N) is 1. The number of hydrogen-bond donors (Lipinski definition) is 3. The largest absolute Gasteiger partial charge is 0.493 e. The molecule has 0 amide bonds. The van der Waals surface area contributed by atoms with Crippen LogP contribution in [0.25, 0.3) is 0 Å². The summed E-state index contributed by atoms with van der Waals surface area (Å²) < 4.78 is 5.13. The zero-order valence-corrected chi connectivity index (χ0v) is 11.3. The molecule has 1 aliphatic rings. The van der Waals surface area contributed by atoms with Crippen molar-refractivity contribution in [1.29, 1.82) is 5.26 Å². The van der Waals surface area contributed by atoms with Crippen LogP contribution in [0.5, 0.6) is 0 Å². The number of nitrogens with zero attached hydrogens (tertiary/aromatic N) is 3. The summed E-state index contributed by atoms with van der Waals surface area (Å²) in [5, 5.41) is 21.9. The summed E-state index contributed by atoms with van der Waals surface area (Å²) in [5.74, 6) is 0.745. The number of nitrogen functional groups attached to an aromatic ring is 1. The minimum Gasteiger partial charge on any atom is -0.423 e. The lowest BCUT2D eigenvalue weighted by molar-refractivity contribution is 0.275. The van der Waals surface area contributed by atoms with E-state index in [9.17, 15) is 10.3 Å². The number of rotatable bonds is 2. The van der Waals surface area contributed by atoms with Crippen LogP contribution in [0.15, 0.2) is 18.3 Å². The zero-order chi connectivity index (χ0) is 15.0. The van der Waals surface area contributed by atoms with Gasteiger partial charge >= 0.3 is 7.12 Å². The summed E-state index contributed by atoms with van der Waals surface area (Å²) in [6.07, 6.45) is 1.62. The van der Waals surface area contributed by atoms with Crippen molar-refractivity contribution in [3.05, 3.63) is 35.0 Å². The molecule has 7 nitrogen and oxygen atoms in total. The molecule has 1 aromatic heterocycles. The molecule has 0 atom stereocenters. The summed E-state index contributed by atoms with van der Waals surface area (Å²) in [7, 11) is -1.05. The fourth-order valence-electron chi connectivity index (χ4n) is 2.19. The van der Waals surface area contributed by atoms with Gasteiger partial charge in [0.25, 0.3) is 0 Å². The van der Waals surface area contributed by atoms with E-state index in [0.717, 1.165) is 11.1 Å². The molecule has 3 rings (SSSR count). The van der Waals surface area contributed by atoms with Crippen molar-refractivity contribution < 1.29 is 9.68 Å². The van der Waals surface area contributed by atoms with E-state index in [0.29, 0.717) is 28.5 Å². The first-order valence-corrected chi connectivity index (χ1v) is 6.31. The van der Waals surface area contributed by atoms with Crippen molar-refractivity contribution in [1.82, 2.24) is 9.97 Å². The fourth-order valence-corrected chi connectivity index (χ4v) is 2.19. The van der Waals surface area contributed by atoms with E-state index >= 15 is 0 Å². The van der Waals surface area contributed by atoms with Gasteiger partial charge in [-0.15, -0.1) is 0 Å². The lowest BCUT2D eigenvalue weighted by Crippen LogP contribution is -2.30. The number of aryl methyl sites for hydroxylation is 1. The predicted octanol–water partition coefficient (Wildman–Crippen LogP) is 0.200. The van der Waals surface area contributed by atoms with Crippen LogP contribution < -0.4 is 16.5 Å². The molecule has 0 spiro atoms. The molecule has 0 bridgehead atoms. The highest BCUT2D eigenvalue weighted by molar-refractivity contribution is 6.62. The van der Waals surface area contributed by atoms with E-state index in [4.69, 9.17) is 10.4 Å². The minimum atomic E-state index is -1.05. The molecule has 0 saturated carbocycles. The molecule has 104 valence electrons. The van der Waals surface area contributed by atoms with Gasteiger partial charge in [-0.05, 0) is 24.6 Å². The second-order valence-electron chi connectivity index (χ2n) is 4.76. The van der Waals surface area contributed by atoms with Crippen LogP contribution in [-0.4, -0.2) is 22.1 Å². The third kappa shape index (κ3) is 2.40. The van der Waals surface area contributed by atoms with Crippen molar-refractivity contribution in [2.75, 3.05) is 11.1 Å². The molecule has 0 saturated heterocycles. The van der Waals surface area contributed by atoms with Gasteiger partial charge in [0.15, 0.2) is 0 Å². The first-order valence-electron chi connectivity index (χ1n) is 6.31. The number of aromatic nitrogens is 2. The van der Waals surface area contributed by atoms with E-state index in [1.54, 1.807) is 18.3 Å². The summed E-state index contributed by atoms with van der Waals surface area (Å²) >= 11 is 0. The molecular weight excluding hydrogens is 269 g/mol. The van der Waals surface area contributed by atoms with Crippen molar-refractivity contribution in [2.24, 2.45) is 0 Å². The number of nitrogens with one attached hydrogen (secondary N) is 1. The molecular formula is C13H12BN5O2. The number of benzene rings is 1. The van der Waals surface area contributed by atoms with Crippen molar-refractivity contribution in [3.63, 3.8) is 0 Å². The second-order valence-corrected chi connectivity index (χ2v) is 4.76. The molecule has 4 N–H and O–H groups in total. The minimum absolute atomic E-state index is 0.262. The number of anilines is 3. The lowest BCUT2D eigenvalue weighted by Gasteiger charge is -2.09. The van der Waals surface area contributed by atoms with Crippen LogP contribution in [-0.2, 0) is 11.3 Å². The second kappa shape index (κ2) is 5.05. The predicted molar refractivity (Wildman–Crippen MR) is 78.0 cm³/mol. The van der Waals surface area contributed by atoms with Crippen LogP contribution in [0.2, 0.25) is 0 Å². The maximum atomic E-state index is 9.71. The van der Waals surface area contributed by atoms with Gasteiger partial charge in [-0.25, -0.2) is 4.98 Å². The topological polar surface area (TPSA) is 117 Å². The van der Waals surface area contributed by atoms with Gasteiger partial charge in [0.1, 0.15) is 5.82 Å². The van der Waals surface area contributed by atoms with Crippen molar-refractivity contribution >= 4 is 30.0 Å². The first kappa shape index (κ1) is 13.4. The Morgan fingerprint density at radius 3 is 3.05 bits per heavy atom. The van der Waals surface area contributed by atoms with E-state index < -0.39 is 7.12 Å². The highest BCUT2D eigenvalue weighted by atomic mass is 16.5. The Bertz CT molecular complexity index is 759. The monoisotopic (exact) mass is 281 g/mol. The normalized spacial score (nSPS) is 12.9. The van der Waals surface area contributed by atoms with Crippen molar-refractivity contribution in [2.45, 2.75) is 13.5 Å².